The Balaban J connectivity index is 1.74. The van der Waals surface area contributed by atoms with E-state index in [1.165, 1.54) is 18.3 Å². The van der Waals surface area contributed by atoms with Gasteiger partial charge in [-0.2, -0.15) is 0 Å². The van der Waals surface area contributed by atoms with Crippen molar-refractivity contribution in [3.63, 3.8) is 0 Å². The van der Waals surface area contributed by atoms with E-state index in [1.807, 2.05) is 18.2 Å². The van der Waals surface area contributed by atoms with E-state index in [0.29, 0.717) is 18.8 Å². The molecule has 2 heterocycles. The molecular formula is C14H17N5O3S. The van der Waals surface area contributed by atoms with Crippen molar-refractivity contribution < 1.29 is 13.2 Å². The summed E-state index contributed by atoms with van der Waals surface area (Å²) >= 11 is 0. The topological polar surface area (TPSA) is 113 Å². The summed E-state index contributed by atoms with van der Waals surface area (Å²) < 4.78 is 22.6. The fourth-order valence-electron chi connectivity index (χ4n) is 1.68. The number of nitrogens with one attached hydrogen (secondary N) is 3. The Bertz CT molecular complexity index is 748. The van der Waals surface area contributed by atoms with Crippen LogP contribution in [0.3, 0.4) is 0 Å². The van der Waals surface area contributed by atoms with Gasteiger partial charge < -0.3 is 16.0 Å². The zero-order valence-corrected chi connectivity index (χ0v) is 13.3. The lowest BCUT2D eigenvalue weighted by atomic mass is 10.4. The molecule has 0 bridgehead atoms. The molecule has 0 radical (unpaired) electrons. The molecule has 0 spiro atoms. The van der Waals surface area contributed by atoms with E-state index < -0.39 is 15.9 Å². The van der Waals surface area contributed by atoms with Crippen LogP contribution in [0.2, 0.25) is 0 Å². The predicted molar refractivity (Wildman–Crippen MR) is 87.1 cm³/mol. The van der Waals surface area contributed by atoms with Crippen LogP contribution in [0.25, 0.3) is 0 Å². The molecule has 122 valence electrons. The van der Waals surface area contributed by atoms with Crippen LogP contribution in [0, 0.1) is 0 Å². The highest BCUT2D eigenvalue weighted by atomic mass is 32.2. The van der Waals surface area contributed by atoms with Crippen LogP contribution >= 0.6 is 0 Å². The number of anilines is 2. The van der Waals surface area contributed by atoms with E-state index in [2.05, 4.69) is 25.9 Å². The van der Waals surface area contributed by atoms with E-state index in [0.717, 1.165) is 12.1 Å². The van der Waals surface area contributed by atoms with Gasteiger partial charge in [0.2, 0.25) is 0 Å². The molecule has 0 aliphatic rings. The fourth-order valence-corrected chi connectivity index (χ4v) is 2.24. The van der Waals surface area contributed by atoms with Crippen LogP contribution in [0.5, 0.6) is 0 Å². The van der Waals surface area contributed by atoms with Crippen molar-refractivity contribution in [2.45, 2.75) is 5.03 Å². The van der Waals surface area contributed by atoms with Crippen molar-refractivity contribution >= 4 is 27.4 Å². The van der Waals surface area contributed by atoms with Gasteiger partial charge in [-0.25, -0.2) is 23.2 Å². The number of carbonyl (C=O) groups is 1. The van der Waals surface area contributed by atoms with E-state index in [-0.39, 0.29) is 5.03 Å². The summed E-state index contributed by atoms with van der Waals surface area (Å²) in [6, 6.07) is 7.93. The van der Waals surface area contributed by atoms with Gasteiger partial charge in [-0.1, -0.05) is 6.07 Å². The molecule has 0 saturated heterocycles. The van der Waals surface area contributed by atoms with Crippen LogP contribution in [-0.4, -0.2) is 43.8 Å². The standard InChI is InChI=1S/C14H17N5O3S/c1-23(21,22)13-6-5-11(10-18-13)19-14(20)17-9-8-16-12-4-2-3-7-15-12/h2-7,10H,8-9H2,1H3,(H,15,16)(H2,17,19,20). The van der Waals surface area contributed by atoms with E-state index in [1.54, 1.807) is 6.20 Å². The molecule has 0 atom stereocenters. The number of rotatable bonds is 6. The predicted octanol–water partition coefficient (Wildman–Crippen LogP) is 1.11. The number of sulfone groups is 1. The lowest BCUT2D eigenvalue weighted by molar-refractivity contribution is 0.252. The van der Waals surface area contributed by atoms with Gasteiger partial charge in [0.05, 0.1) is 11.9 Å². The average molecular weight is 335 g/mol. The maximum absolute atomic E-state index is 11.7. The molecule has 3 N–H and O–H groups in total. The minimum atomic E-state index is -3.35. The van der Waals surface area contributed by atoms with Crippen LogP contribution in [0.15, 0.2) is 47.8 Å². The number of urea groups is 1. The van der Waals surface area contributed by atoms with Gasteiger partial charge in [-0.05, 0) is 24.3 Å². The molecule has 2 amide bonds. The zero-order chi connectivity index (χ0) is 16.7. The summed E-state index contributed by atoms with van der Waals surface area (Å²) in [7, 11) is -3.35. The quantitative estimate of drug-likeness (QED) is 0.682. The summed E-state index contributed by atoms with van der Waals surface area (Å²) in [5, 5.41) is 8.24. The van der Waals surface area contributed by atoms with Crippen molar-refractivity contribution in [2.75, 3.05) is 30.0 Å². The van der Waals surface area contributed by atoms with Crippen LogP contribution in [-0.2, 0) is 9.84 Å². The van der Waals surface area contributed by atoms with E-state index in [4.69, 9.17) is 0 Å². The smallest absolute Gasteiger partial charge is 0.319 e. The number of pyridine rings is 2. The Morgan fingerprint density at radius 3 is 2.57 bits per heavy atom. The molecule has 9 heteroatoms. The maximum atomic E-state index is 11.7. The normalized spacial score (nSPS) is 10.8. The van der Waals surface area contributed by atoms with Gasteiger partial charge in [-0.3, -0.25) is 0 Å². The molecule has 23 heavy (non-hydrogen) atoms. The minimum absolute atomic E-state index is 0.0389. The molecule has 2 aromatic rings. The second-order valence-corrected chi connectivity index (χ2v) is 6.64. The lowest BCUT2D eigenvalue weighted by Gasteiger charge is -2.09. The van der Waals surface area contributed by atoms with Gasteiger partial charge in [0, 0.05) is 25.5 Å². The molecule has 0 aromatic carbocycles. The molecule has 0 fully saturated rings. The van der Waals surface area contributed by atoms with E-state index >= 15 is 0 Å². The second-order valence-electron chi connectivity index (χ2n) is 4.68. The molecule has 0 unspecified atom stereocenters. The third-order valence-corrected chi connectivity index (χ3v) is 3.76. The first-order valence-electron chi connectivity index (χ1n) is 6.81. The Labute approximate surface area is 134 Å². The third kappa shape index (κ3) is 5.55. The summed E-state index contributed by atoms with van der Waals surface area (Å²) in [6.07, 6.45) is 4.04. The SMILES string of the molecule is CS(=O)(=O)c1ccc(NC(=O)NCCNc2ccccn2)cn1. The first-order chi connectivity index (χ1) is 10.9. The monoisotopic (exact) mass is 335 g/mol. The molecule has 0 aliphatic heterocycles. The van der Waals surface area contributed by atoms with Crippen molar-refractivity contribution in [1.29, 1.82) is 0 Å². The number of aromatic nitrogens is 2. The summed E-state index contributed by atoms with van der Waals surface area (Å²) in [5.74, 6) is 0.732. The molecule has 0 aliphatic carbocycles. The van der Waals surface area contributed by atoms with Crippen molar-refractivity contribution in [3.8, 4) is 0 Å². The molecular weight excluding hydrogens is 318 g/mol. The number of carbonyl (C=O) groups excluding carboxylic acids is 1. The Morgan fingerprint density at radius 1 is 1.13 bits per heavy atom. The molecule has 0 saturated carbocycles. The largest absolute Gasteiger partial charge is 0.368 e. The maximum Gasteiger partial charge on any atom is 0.319 e. The van der Waals surface area contributed by atoms with Crippen molar-refractivity contribution in [2.24, 2.45) is 0 Å². The first-order valence-corrected chi connectivity index (χ1v) is 8.70. The second kappa shape index (κ2) is 7.54. The van der Waals surface area contributed by atoms with Crippen LogP contribution < -0.4 is 16.0 Å². The van der Waals surface area contributed by atoms with Gasteiger partial charge in [0.25, 0.3) is 0 Å². The van der Waals surface area contributed by atoms with Gasteiger partial charge in [0.1, 0.15) is 5.82 Å². The number of nitrogens with zero attached hydrogens (tertiary/aromatic N) is 2. The first kappa shape index (κ1) is 16.7. The third-order valence-electron chi connectivity index (χ3n) is 2.76. The minimum Gasteiger partial charge on any atom is -0.368 e. The summed E-state index contributed by atoms with van der Waals surface area (Å²) in [6.45, 7) is 0.924. The van der Waals surface area contributed by atoms with Crippen LogP contribution in [0.1, 0.15) is 0 Å². The Hall–Kier alpha value is -2.68. The van der Waals surface area contributed by atoms with Crippen molar-refractivity contribution in [3.05, 3.63) is 42.7 Å². The number of hydrogen-bond donors (Lipinski definition) is 3. The summed E-state index contributed by atoms with van der Waals surface area (Å²) in [4.78, 5) is 19.6. The number of amides is 2. The van der Waals surface area contributed by atoms with Crippen molar-refractivity contribution in [1.82, 2.24) is 15.3 Å². The number of hydrogen-bond acceptors (Lipinski definition) is 6. The highest BCUT2D eigenvalue weighted by Gasteiger charge is 2.08. The van der Waals surface area contributed by atoms with Crippen LogP contribution in [0.4, 0.5) is 16.3 Å². The Morgan fingerprint density at radius 2 is 1.96 bits per heavy atom. The van der Waals surface area contributed by atoms with E-state index in [9.17, 15) is 13.2 Å². The lowest BCUT2D eigenvalue weighted by Crippen LogP contribution is -2.32. The summed E-state index contributed by atoms with van der Waals surface area (Å²) in [5.41, 5.74) is 0.410. The highest BCUT2D eigenvalue weighted by Crippen LogP contribution is 2.09. The van der Waals surface area contributed by atoms with Gasteiger partial charge >= 0.3 is 6.03 Å². The average Bonchev–Trinajstić information content (AvgIpc) is 2.52. The highest BCUT2D eigenvalue weighted by molar-refractivity contribution is 7.90. The molecule has 2 aromatic heterocycles. The molecule has 2 rings (SSSR count). The zero-order valence-electron chi connectivity index (χ0n) is 12.5. The fraction of sp³-hybridized carbons (Fsp3) is 0.214. The molecule has 8 nitrogen and oxygen atoms in total. The van der Waals surface area contributed by atoms with Gasteiger partial charge in [-0.15, -0.1) is 0 Å². The Kier molecular flexibility index (Phi) is 5.47. The van der Waals surface area contributed by atoms with Gasteiger partial charge in [0.15, 0.2) is 14.9 Å².